The third-order valence-electron chi connectivity index (χ3n) is 5.65. The first-order chi connectivity index (χ1) is 15.1. The van der Waals surface area contributed by atoms with Gasteiger partial charge in [0.05, 0.1) is 22.1 Å². The van der Waals surface area contributed by atoms with Gasteiger partial charge in [-0.2, -0.15) is 5.10 Å². The SMILES string of the molecule is CCc1nc(N2CCN(C(=O)c3cccs3)CC2)c2cnn(-c3ccc(C)cc3)c2n1. The lowest BCUT2D eigenvalue weighted by Gasteiger charge is -2.35. The molecule has 0 radical (unpaired) electrons. The number of nitrogens with zero attached hydrogens (tertiary/aromatic N) is 6. The van der Waals surface area contributed by atoms with E-state index in [9.17, 15) is 4.79 Å². The van der Waals surface area contributed by atoms with Crippen LogP contribution in [0.3, 0.4) is 0 Å². The van der Waals surface area contributed by atoms with Crippen molar-refractivity contribution in [2.24, 2.45) is 0 Å². The van der Waals surface area contributed by atoms with Crippen LogP contribution < -0.4 is 4.90 Å². The maximum Gasteiger partial charge on any atom is 0.264 e. The highest BCUT2D eigenvalue weighted by Gasteiger charge is 2.26. The number of hydrogen-bond donors (Lipinski definition) is 0. The maximum atomic E-state index is 12.7. The lowest BCUT2D eigenvalue weighted by Crippen LogP contribution is -2.49. The van der Waals surface area contributed by atoms with Gasteiger partial charge in [-0.05, 0) is 30.5 Å². The van der Waals surface area contributed by atoms with Crippen LogP contribution in [0.25, 0.3) is 16.7 Å². The summed E-state index contributed by atoms with van der Waals surface area (Å²) in [6.07, 6.45) is 2.60. The molecule has 4 aromatic rings. The number of fused-ring (bicyclic) bond motifs is 1. The van der Waals surface area contributed by atoms with Gasteiger partial charge < -0.3 is 9.80 Å². The predicted octanol–water partition coefficient (Wildman–Crippen LogP) is 3.71. The van der Waals surface area contributed by atoms with E-state index >= 15 is 0 Å². The number of carbonyl (C=O) groups is 1. The normalized spacial score (nSPS) is 14.4. The number of rotatable bonds is 4. The molecule has 0 aliphatic carbocycles. The van der Waals surface area contributed by atoms with Gasteiger partial charge in [-0.1, -0.05) is 30.7 Å². The Morgan fingerprint density at radius 2 is 1.84 bits per heavy atom. The van der Waals surface area contributed by atoms with Crippen LogP contribution in [0.15, 0.2) is 48.0 Å². The third-order valence-corrected chi connectivity index (χ3v) is 6.51. The first kappa shape index (κ1) is 19.7. The number of benzene rings is 1. The summed E-state index contributed by atoms with van der Waals surface area (Å²) >= 11 is 1.49. The molecule has 1 aliphatic heterocycles. The Kier molecular flexibility index (Phi) is 5.15. The minimum absolute atomic E-state index is 0.115. The van der Waals surface area contributed by atoms with Gasteiger partial charge in [-0.25, -0.2) is 14.6 Å². The van der Waals surface area contributed by atoms with E-state index in [-0.39, 0.29) is 5.91 Å². The first-order valence-corrected chi connectivity index (χ1v) is 11.4. The molecule has 0 unspecified atom stereocenters. The van der Waals surface area contributed by atoms with E-state index in [1.165, 1.54) is 16.9 Å². The van der Waals surface area contributed by atoms with Gasteiger partial charge in [0.25, 0.3) is 5.91 Å². The molecule has 1 aromatic carbocycles. The minimum Gasteiger partial charge on any atom is -0.352 e. The lowest BCUT2D eigenvalue weighted by molar-refractivity contribution is 0.0751. The summed E-state index contributed by atoms with van der Waals surface area (Å²) < 4.78 is 1.88. The second-order valence-corrected chi connectivity index (χ2v) is 8.65. The average molecular weight is 433 g/mol. The van der Waals surface area contributed by atoms with E-state index in [2.05, 4.69) is 48.1 Å². The van der Waals surface area contributed by atoms with Crippen LogP contribution in [0.1, 0.15) is 28.0 Å². The van der Waals surface area contributed by atoms with Gasteiger partial charge in [0, 0.05) is 32.6 Å². The van der Waals surface area contributed by atoms with Crippen LogP contribution in [0.2, 0.25) is 0 Å². The molecule has 31 heavy (non-hydrogen) atoms. The number of anilines is 1. The quantitative estimate of drug-likeness (QED) is 0.492. The van der Waals surface area contributed by atoms with Crippen molar-refractivity contribution in [2.75, 3.05) is 31.1 Å². The van der Waals surface area contributed by atoms with E-state index in [1.54, 1.807) is 0 Å². The predicted molar refractivity (Wildman–Crippen MR) is 123 cm³/mol. The van der Waals surface area contributed by atoms with Gasteiger partial charge in [0.15, 0.2) is 5.65 Å². The third kappa shape index (κ3) is 3.67. The molecule has 0 N–H and O–H groups in total. The summed E-state index contributed by atoms with van der Waals surface area (Å²) in [5.74, 6) is 1.82. The number of thiophene rings is 1. The molecule has 0 saturated carbocycles. The van der Waals surface area contributed by atoms with Gasteiger partial charge in [-0.3, -0.25) is 4.79 Å². The molecule has 5 rings (SSSR count). The van der Waals surface area contributed by atoms with Crippen molar-refractivity contribution in [3.63, 3.8) is 0 Å². The van der Waals surface area contributed by atoms with Crippen LogP contribution in [-0.2, 0) is 6.42 Å². The smallest absolute Gasteiger partial charge is 0.264 e. The summed E-state index contributed by atoms with van der Waals surface area (Å²) in [5.41, 5.74) is 3.02. The molecule has 0 atom stereocenters. The zero-order valence-electron chi connectivity index (χ0n) is 17.7. The van der Waals surface area contributed by atoms with Crippen molar-refractivity contribution < 1.29 is 4.79 Å². The van der Waals surface area contributed by atoms with Crippen molar-refractivity contribution in [1.29, 1.82) is 0 Å². The highest BCUT2D eigenvalue weighted by molar-refractivity contribution is 7.12. The van der Waals surface area contributed by atoms with Crippen molar-refractivity contribution in [1.82, 2.24) is 24.6 Å². The Morgan fingerprint density at radius 3 is 2.52 bits per heavy atom. The van der Waals surface area contributed by atoms with E-state index in [4.69, 9.17) is 9.97 Å². The van der Waals surface area contributed by atoms with Crippen molar-refractivity contribution >= 4 is 34.1 Å². The standard InChI is InChI=1S/C23H24N6OS/c1-3-20-25-21(27-10-12-28(13-11-27)23(30)19-5-4-14-31-19)18-15-24-29(22(18)26-20)17-8-6-16(2)7-9-17/h4-9,14-15H,3,10-13H2,1-2H3. The fourth-order valence-electron chi connectivity index (χ4n) is 3.89. The van der Waals surface area contributed by atoms with Crippen LogP contribution in [-0.4, -0.2) is 56.7 Å². The maximum absolute atomic E-state index is 12.7. The highest BCUT2D eigenvalue weighted by atomic mass is 32.1. The molecular formula is C23H24N6OS. The molecule has 4 heterocycles. The number of piperazine rings is 1. The van der Waals surface area contributed by atoms with Gasteiger partial charge in [-0.15, -0.1) is 11.3 Å². The fourth-order valence-corrected chi connectivity index (χ4v) is 4.58. The Hall–Kier alpha value is -3.26. The molecule has 8 heteroatoms. The van der Waals surface area contributed by atoms with Crippen LogP contribution >= 0.6 is 11.3 Å². The van der Waals surface area contributed by atoms with Gasteiger partial charge in [0.1, 0.15) is 11.6 Å². The molecule has 0 spiro atoms. The van der Waals surface area contributed by atoms with E-state index in [0.717, 1.165) is 52.8 Å². The molecular weight excluding hydrogens is 408 g/mol. The average Bonchev–Trinajstić information content (AvgIpc) is 3.49. The Bertz CT molecular complexity index is 1210. The van der Waals surface area contributed by atoms with Gasteiger partial charge >= 0.3 is 0 Å². The summed E-state index contributed by atoms with van der Waals surface area (Å²) in [6.45, 7) is 6.97. The molecule has 1 saturated heterocycles. The number of aromatic nitrogens is 4. The monoisotopic (exact) mass is 432 g/mol. The topological polar surface area (TPSA) is 67.2 Å². The Balaban J connectivity index is 1.45. The summed E-state index contributed by atoms with van der Waals surface area (Å²) in [7, 11) is 0. The molecule has 1 fully saturated rings. The second kappa shape index (κ2) is 8.11. The minimum atomic E-state index is 0.115. The molecule has 0 bridgehead atoms. The van der Waals surface area contributed by atoms with Crippen LogP contribution in [0, 0.1) is 6.92 Å². The van der Waals surface area contributed by atoms with E-state index < -0.39 is 0 Å². The Morgan fingerprint density at radius 1 is 1.06 bits per heavy atom. The fraction of sp³-hybridized carbons (Fsp3) is 0.304. The van der Waals surface area contributed by atoms with Crippen LogP contribution in [0.5, 0.6) is 0 Å². The summed E-state index contributed by atoms with van der Waals surface area (Å²) in [5, 5.41) is 7.51. The number of amides is 1. The second-order valence-electron chi connectivity index (χ2n) is 7.70. The highest BCUT2D eigenvalue weighted by Crippen LogP contribution is 2.27. The van der Waals surface area contributed by atoms with E-state index in [1.807, 2.05) is 33.3 Å². The molecule has 158 valence electrons. The van der Waals surface area contributed by atoms with Crippen molar-refractivity contribution in [2.45, 2.75) is 20.3 Å². The number of aryl methyl sites for hydroxylation is 2. The van der Waals surface area contributed by atoms with Crippen molar-refractivity contribution in [3.8, 4) is 5.69 Å². The first-order valence-electron chi connectivity index (χ1n) is 10.5. The zero-order valence-corrected chi connectivity index (χ0v) is 18.5. The molecule has 7 nitrogen and oxygen atoms in total. The van der Waals surface area contributed by atoms with Gasteiger partial charge in [0.2, 0.25) is 0 Å². The number of hydrogen-bond acceptors (Lipinski definition) is 6. The van der Waals surface area contributed by atoms with Crippen LogP contribution in [0.4, 0.5) is 5.82 Å². The van der Waals surface area contributed by atoms with Crippen molar-refractivity contribution in [3.05, 3.63) is 64.2 Å². The zero-order chi connectivity index (χ0) is 21.4. The Labute approximate surface area is 185 Å². The summed E-state index contributed by atoms with van der Waals surface area (Å²) in [6, 6.07) is 12.1. The summed E-state index contributed by atoms with van der Waals surface area (Å²) in [4.78, 5) is 27.3. The number of carbonyl (C=O) groups excluding carboxylic acids is 1. The lowest BCUT2D eigenvalue weighted by atomic mass is 10.2. The van der Waals surface area contributed by atoms with E-state index in [0.29, 0.717) is 13.1 Å². The molecule has 3 aromatic heterocycles. The molecule has 1 aliphatic rings. The molecule has 1 amide bonds. The largest absolute Gasteiger partial charge is 0.352 e.